The van der Waals surface area contributed by atoms with Gasteiger partial charge in [0.2, 0.25) is 17.7 Å². The predicted molar refractivity (Wildman–Crippen MR) is 129 cm³/mol. The monoisotopic (exact) mass is 478 g/mol. The van der Waals surface area contributed by atoms with Crippen molar-refractivity contribution in [2.45, 2.75) is 17.7 Å². The van der Waals surface area contributed by atoms with Crippen LogP contribution in [0.2, 0.25) is 0 Å². The molecule has 3 aromatic carbocycles. The molecule has 3 aromatic rings. The number of nitrogens with zero attached hydrogens (tertiary/aromatic N) is 1. The third-order valence-electron chi connectivity index (χ3n) is 5.14. The molecule has 1 heterocycles. The number of para-hydroxylation sites is 4. The van der Waals surface area contributed by atoms with Crippen LogP contribution in [0.1, 0.15) is 12.8 Å². The Hall–Kier alpha value is -4.18. The molecule has 3 amide bonds. The van der Waals surface area contributed by atoms with Gasteiger partial charge in [0.25, 0.3) is 10.0 Å². The van der Waals surface area contributed by atoms with E-state index in [2.05, 4.69) is 15.4 Å². The van der Waals surface area contributed by atoms with Crippen LogP contribution in [0.15, 0.2) is 83.8 Å². The Bertz CT molecular complexity index is 1340. The molecule has 0 radical (unpaired) electrons. The SMILES string of the molecule is O=C(CCC(=O)N1CC(=O)Nc2ccccc21)Nc1ccccc1NS(=O)(=O)c1ccccc1. The number of hydrogen-bond donors (Lipinski definition) is 3. The number of nitrogens with one attached hydrogen (secondary N) is 3. The Kier molecular flexibility index (Phi) is 6.60. The molecule has 0 aliphatic carbocycles. The lowest BCUT2D eigenvalue weighted by Gasteiger charge is -2.29. The number of sulfonamides is 1. The Labute approximate surface area is 196 Å². The first-order chi connectivity index (χ1) is 16.3. The van der Waals surface area contributed by atoms with Gasteiger partial charge in [-0.25, -0.2) is 8.42 Å². The normalized spacial score (nSPS) is 12.9. The Morgan fingerprint density at radius 1 is 0.853 bits per heavy atom. The van der Waals surface area contributed by atoms with E-state index in [1.54, 1.807) is 60.7 Å². The van der Waals surface area contributed by atoms with Crippen molar-refractivity contribution in [3.63, 3.8) is 0 Å². The second kappa shape index (κ2) is 9.75. The van der Waals surface area contributed by atoms with E-state index in [9.17, 15) is 22.8 Å². The molecule has 3 N–H and O–H groups in total. The van der Waals surface area contributed by atoms with Crippen molar-refractivity contribution < 1.29 is 22.8 Å². The lowest BCUT2D eigenvalue weighted by molar-refractivity contribution is -0.124. The van der Waals surface area contributed by atoms with Gasteiger partial charge < -0.3 is 15.5 Å². The molecular weight excluding hydrogens is 456 g/mol. The zero-order valence-electron chi connectivity index (χ0n) is 18.0. The summed E-state index contributed by atoms with van der Waals surface area (Å²) in [5, 5.41) is 5.37. The molecule has 0 saturated carbocycles. The van der Waals surface area contributed by atoms with Crippen molar-refractivity contribution in [2.75, 3.05) is 26.8 Å². The van der Waals surface area contributed by atoms with Crippen LogP contribution in [0, 0.1) is 0 Å². The highest BCUT2D eigenvalue weighted by Crippen LogP contribution is 2.29. The number of anilines is 4. The van der Waals surface area contributed by atoms with E-state index >= 15 is 0 Å². The van der Waals surface area contributed by atoms with Crippen molar-refractivity contribution in [3.8, 4) is 0 Å². The number of fused-ring (bicyclic) bond motifs is 1. The van der Waals surface area contributed by atoms with Gasteiger partial charge in [-0.15, -0.1) is 0 Å². The van der Waals surface area contributed by atoms with Crippen molar-refractivity contribution in [2.24, 2.45) is 0 Å². The topological polar surface area (TPSA) is 125 Å². The van der Waals surface area contributed by atoms with Gasteiger partial charge in [0.1, 0.15) is 6.54 Å². The number of benzene rings is 3. The third kappa shape index (κ3) is 5.24. The molecule has 0 aromatic heterocycles. The Morgan fingerprint density at radius 2 is 1.50 bits per heavy atom. The first-order valence-corrected chi connectivity index (χ1v) is 12.0. The highest BCUT2D eigenvalue weighted by atomic mass is 32.2. The summed E-state index contributed by atoms with van der Waals surface area (Å²) in [6.45, 7) is -0.123. The fourth-order valence-electron chi connectivity index (χ4n) is 3.51. The van der Waals surface area contributed by atoms with Gasteiger partial charge >= 0.3 is 0 Å². The van der Waals surface area contributed by atoms with Gasteiger partial charge in [-0.05, 0) is 36.4 Å². The molecule has 0 fully saturated rings. The van der Waals surface area contributed by atoms with Crippen molar-refractivity contribution in [1.29, 1.82) is 0 Å². The van der Waals surface area contributed by atoms with E-state index < -0.39 is 15.9 Å². The van der Waals surface area contributed by atoms with Crippen molar-refractivity contribution in [3.05, 3.63) is 78.9 Å². The molecule has 174 valence electrons. The molecule has 0 bridgehead atoms. The van der Waals surface area contributed by atoms with Crippen LogP contribution in [-0.2, 0) is 24.4 Å². The van der Waals surface area contributed by atoms with Gasteiger partial charge in [-0.1, -0.05) is 42.5 Å². The number of rotatable bonds is 7. The maximum atomic E-state index is 12.7. The van der Waals surface area contributed by atoms with Gasteiger partial charge in [0.05, 0.1) is 27.6 Å². The van der Waals surface area contributed by atoms with Gasteiger partial charge in [-0.2, -0.15) is 0 Å². The summed E-state index contributed by atoms with van der Waals surface area (Å²) in [6.07, 6.45) is -0.260. The Morgan fingerprint density at radius 3 is 2.26 bits per heavy atom. The largest absolute Gasteiger partial charge is 0.324 e. The fourth-order valence-corrected chi connectivity index (χ4v) is 4.61. The average Bonchev–Trinajstić information content (AvgIpc) is 2.83. The van der Waals surface area contributed by atoms with Crippen LogP contribution < -0.4 is 20.3 Å². The summed E-state index contributed by atoms with van der Waals surface area (Å²) in [6, 6.07) is 21.2. The highest BCUT2D eigenvalue weighted by molar-refractivity contribution is 7.92. The summed E-state index contributed by atoms with van der Waals surface area (Å²) < 4.78 is 27.8. The lowest BCUT2D eigenvalue weighted by atomic mass is 10.1. The predicted octanol–water partition coefficient (Wildman–Crippen LogP) is 3.19. The first kappa shape index (κ1) is 23.0. The minimum atomic E-state index is -3.85. The molecule has 1 aliphatic heterocycles. The molecule has 4 rings (SSSR count). The van der Waals surface area contributed by atoms with Crippen LogP contribution in [-0.4, -0.2) is 32.7 Å². The van der Waals surface area contributed by atoms with E-state index in [0.29, 0.717) is 11.4 Å². The van der Waals surface area contributed by atoms with Crippen molar-refractivity contribution >= 4 is 50.5 Å². The molecule has 0 saturated heterocycles. The van der Waals surface area contributed by atoms with Gasteiger partial charge in [0.15, 0.2) is 0 Å². The van der Waals surface area contributed by atoms with Crippen LogP contribution in [0.3, 0.4) is 0 Å². The quantitative estimate of drug-likeness (QED) is 0.481. The van der Waals surface area contributed by atoms with E-state index in [-0.39, 0.29) is 47.5 Å². The maximum absolute atomic E-state index is 12.7. The molecule has 9 nitrogen and oxygen atoms in total. The van der Waals surface area contributed by atoms with Crippen LogP contribution in [0.4, 0.5) is 22.7 Å². The second-order valence-electron chi connectivity index (χ2n) is 7.56. The number of carbonyl (C=O) groups is 3. The molecule has 1 aliphatic rings. The number of hydrogen-bond acceptors (Lipinski definition) is 5. The van der Waals surface area contributed by atoms with Gasteiger partial charge in [-0.3, -0.25) is 19.1 Å². The highest BCUT2D eigenvalue weighted by Gasteiger charge is 2.26. The summed E-state index contributed by atoms with van der Waals surface area (Å²) >= 11 is 0. The second-order valence-corrected chi connectivity index (χ2v) is 9.24. The number of amides is 3. The smallest absolute Gasteiger partial charge is 0.261 e. The van der Waals surface area contributed by atoms with Gasteiger partial charge in [0, 0.05) is 12.8 Å². The maximum Gasteiger partial charge on any atom is 0.261 e. The van der Waals surface area contributed by atoms with Crippen LogP contribution in [0.25, 0.3) is 0 Å². The molecule has 10 heteroatoms. The van der Waals surface area contributed by atoms with E-state index in [4.69, 9.17) is 0 Å². The average molecular weight is 479 g/mol. The minimum Gasteiger partial charge on any atom is -0.324 e. The zero-order valence-corrected chi connectivity index (χ0v) is 18.8. The first-order valence-electron chi connectivity index (χ1n) is 10.5. The minimum absolute atomic E-state index is 0.0903. The lowest BCUT2D eigenvalue weighted by Crippen LogP contribution is -2.42. The molecule has 0 unspecified atom stereocenters. The van der Waals surface area contributed by atoms with Crippen molar-refractivity contribution in [1.82, 2.24) is 0 Å². The Balaban J connectivity index is 1.41. The number of carbonyl (C=O) groups excluding carboxylic acids is 3. The van der Waals surface area contributed by atoms with E-state index in [1.165, 1.54) is 23.1 Å². The van der Waals surface area contributed by atoms with Crippen LogP contribution in [0.5, 0.6) is 0 Å². The third-order valence-corrected chi connectivity index (χ3v) is 6.52. The van der Waals surface area contributed by atoms with E-state index in [0.717, 1.165) is 0 Å². The van der Waals surface area contributed by atoms with E-state index in [1.807, 2.05) is 0 Å². The zero-order chi connectivity index (χ0) is 24.1. The summed E-state index contributed by atoms with van der Waals surface area (Å²) in [5.74, 6) is -1.14. The summed E-state index contributed by atoms with van der Waals surface area (Å²) in [4.78, 5) is 38.7. The molecule has 34 heavy (non-hydrogen) atoms. The molecular formula is C24H22N4O5S. The molecule has 0 atom stereocenters. The standard InChI is InChI=1S/C24H22N4O5S/c29-22(14-15-24(31)28-16-23(30)26-20-12-6-7-13-21(20)28)25-18-10-4-5-11-19(18)27-34(32,33)17-8-2-1-3-9-17/h1-13,27H,14-16H2,(H,25,29)(H,26,30). The fraction of sp³-hybridized carbons (Fsp3) is 0.125. The molecule has 0 spiro atoms. The summed E-state index contributed by atoms with van der Waals surface area (Å²) in [7, 11) is -3.85. The van der Waals surface area contributed by atoms with Crippen LogP contribution >= 0.6 is 0 Å². The summed E-state index contributed by atoms with van der Waals surface area (Å²) in [5.41, 5.74) is 1.58.